The Kier molecular flexibility index (Phi) is 3.60. The van der Waals surface area contributed by atoms with Gasteiger partial charge in [0.15, 0.2) is 0 Å². The van der Waals surface area contributed by atoms with E-state index in [0.29, 0.717) is 0 Å². The lowest BCUT2D eigenvalue weighted by molar-refractivity contribution is -0.383. The first-order valence-corrected chi connectivity index (χ1v) is 5.58. The molecule has 1 aromatic carbocycles. The molecular weight excluding hydrogens is 268 g/mol. The Morgan fingerprint density at radius 1 is 1.55 bits per heavy atom. The summed E-state index contributed by atoms with van der Waals surface area (Å²) in [5, 5.41) is 14.2. The van der Waals surface area contributed by atoms with Gasteiger partial charge in [0.05, 0.1) is 11.5 Å². The maximum atomic E-state index is 11.4. The van der Waals surface area contributed by atoms with Crippen LogP contribution in [-0.4, -0.2) is 27.6 Å². The van der Waals surface area contributed by atoms with E-state index >= 15 is 0 Å². The molecule has 0 unspecified atom stereocenters. The standard InChI is InChI=1S/C11H10N4O5/c1-2-19-11(16)9-13-10(20-14-9)6-3-4-7(12)8(5-6)15(17)18/h3-5H,2,12H2,1H3. The van der Waals surface area contributed by atoms with Crippen molar-refractivity contribution in [2.75, 3.05) is 12.3 Å². The minimum atomic E-state index is -0.729. The van der Waals surface area contributed by atoms with E-state index in [1.54, 1.807) is 6.92 Å². The van der Waals surface area contributed by atoms with E-state index in [4.69, 9.17) is 15.0 Å². The van der Waals surface area contributed by atoms with Crippen molar-refractivity contribution in [1.29, 1.82) is 0 Å². The van der Waals surface area contributed by atoms with E-state index < -0.39 is 10.9 Å². The van der Waals surface area contributed by atoms with Crippen molar-refractivity contribution in [2.24, 2.45) is 0 Å². The van der Waals surface area contributed by atoms with E-state index in [0.717, 1.165) is 0 Å². The van der Waals surface area contributed by atoms with Crippen molar-refractivity contribution in [1.82, 2.24) is 10.1 Å². The Balaban J connectivity index is 2.35. The predicted octanol–water partition coefficient (Wildman–Crippen LogP) is 1.40. The molecule has 0 fully saturated rings. The highest BCUT2D eigenvalue weighted by molar-refractivity contribution is 5.85. The minimum absolute atomic E-state index is 0.0175. The highest BCUT2D eigenvalue weighted by Crippen LogP contribution is 2.27. The summed E-state index contributed by atoms with van der Waals surface area (Å²) in [5.74, 6) is -1.01. The van der Waals surface area contributed by atoms with Gasteiger partial charge in [-0.1, -0.05) is 0 Å². The number of anilines is 1. The molecule has 0 aliphatic rings. The minimum Gasteiger partial charge on any atom is -0.460 e. The summed E-state index contributed by atoms with van der Waals surface area (Å²) in [7, 11) is 0. The van der Waals surface area contributed by atoms with Crippen LogP contribution >= 0.6 is 0 Å². The van der Waals surface area contributed by atoms with Crippen LogP contribution in [0.25, 0.3) is 11.5 Å². The van der Waals surface area contributed by atoms with Gasteiger partial charge in [0.1, 0.15) is 5.69 Å². The van der Waals surface area contributed by atoms with Crippen LogP contribution in [0.1, 0.15) is 17.5 Å². The largest absolute Gasteiger partial charge is 0.460 e. The second-order valence-electron chi connectivity index (χ2n) is 3.67. The van der Waals surface area contributed by atoms with E-state index in [9.17, 15) is 14.9 Å². The predicted molar refractivity (Wildman–Crippen MR) is 66.8 cm³/mol. The number of aromatic nitrogens is 2. The maximum Gasteiger partial charge on any atom is 0.379 e. The summed E-state index contributed by atoms with van der Waals surface area (Å²) in [6, 6.07) is 4.02. The number of carbonyl (C=O) groups excluding carboxylic acids is 1. The van der Waals surface area contributed by atoms with E-state index in [1.165, 1.54) is 18.2 Å². The number of hydrogen-bond donors (Lipinski definition) is 1. The third-order valence-electron chi connectivity index (χ3n) is 2.36. The molecule has 0 radical (unpaired) electrons. The van der Waals surface area contributed by atoms with Gasteiger partial charge in [0.2, 0.25) is 0 Å². The summed E-state index contributed by atoms with van der Waals surface area (Å²) in [5.41, 5.74) is 5.50. The zero-order chi connectivity index (χ0) is 14.7. The first-order chi connectivity index (χ1) is 9.52. The molecular formula is C11H10N4O5. The molecule has 104 valence electrons. The van der Waals surface area contributed by atoms with Crippen LogP contribution < -0.4 is 5.73 Å². The number of nitro groups is 1. The number of ether oxygens (including phenoxy) is 1. The van der Waals surface area contributed by atoms with Gasteiger partial charge in [-0.2, -0.15) is 4.98 Å². The Morgan fingerprint density at radius 2 is 2.30 bits per heavy atom. The van der Waals surface area contributed by atoms with Gasteiger partial charge >= 0.3 is 5.97 Å². The third-order valence-corrected chi connectivity index (χ3v) is 2.36. The number of nitrogen functional groups attached to an aromatic ring is 1. The van der Waals surface area contributed by atoms with Crippen molar-refractivity contribution in [2.45, 2.75) is 6.92 Å². The summed E-state index contributed by atoms with van der Waals surface area (Å²) >= 11 is 0. The first-order valence-electron chi connectivity index (χ1n) is 5.58. The molecule has 2 N–H and O–H groups in total. The second kappa shape index (κ2) is 5.34. The molecule has 2 rings (SSSR count). The number of nitro benzene ring substituents is 1. The van der Waals surface area contributed by atoms with Gasteiger partial charge in [-0.3, -0.25) is 10.1 Å². The zero-order valence-electron chi connectivity index (χ0n) is 10.4. The fraction of sp³-hybridized carbons (Fsp3) is 0.182. The average Bonchev–Trinajstić information content (AvgIpc) is 2.89. The van der Waals surface area contributed by atoms with Gasteiger partial charge in [0, 0.05) is 11.6 Å². The van der Waals surface area contributed by atoms with E-state index in [-0.39, 0.29) is 35.3 Å². The third kappa shape index (κ3) is 2.55. The van der Waals surface area contributed by atoms with Crippen molar-refractivity contribution in [3.8, 4) is 11.5 Å². The molecule has 0 saturated carbocycles. The SMILES string of the molecule is CCOC(=O)c1noc(-c2ccc(N)c([N+](=O)[O-])c2)n1. The van der Waals surface area contributed by atoms with Crippen LogP contribution in [0, 0.1) is 10.1 Å². The highest BCUT2D eigenvalue weighted by atomic mass is 16.6. The lowest BCUT2D eigenvalue weighted by Crippen LogP contribution is -2.06. The van der Waals surface area contributed by atoms with E-state index in [1.807, 2.05) is 0 Å². The molecule has 0 bridgehead atoms. The van der Waals surface area contributed by atoms with E-state index in [2.05, 4.69) is 10.1 Å². The van der Waals surface area contributed by atoms with Gasteiger partial charge in [-0.05, 0) is 24.2 Å². The van der Waals surface area contributed by atoms with Gasteiger partial charge in [0.25, 0.3) is 17.4 Å². The van der Waals surface area contributed by atoms with Crippen LogP contribution in [0.2, 0.25) is 0 Å². The molecule has 0 aliphatic carbocycles. The number of hydrogen-bond acceptors (Lipinski definition) is 8. The second-order valence-corrected chi connectivity index (χ2v) is 3.67. The van der Waals surface area contributed by atoms with Crippen LogP contribution in [-0.2, 0) is 4.74 Å². The topological polar surface area (TPSA) is 134 Å². The summed E-state index contributed by atoms with van der Waals surface area (Å²) in [6.45, 7) is 1.82. The molecule has 20 heavy (non-hydrogen) atoms. The normalized spacial score (nSPS) is 10.2. The lowest BCUT2D eigenvalue weighted by atomic mass is 10.2. The molecule has 1 aromatic heterocycles. The molecule has 9 nitrogen and oxygen atoms in total. The molecule has 2 aromatic rings. The van der Waals surface area contributed by atoms with Gasteiger partial charge < -0.3 is 15.0 Å². The van der Waals surface area contributed by atoms with Crippen LogP contribution in [0.5, 0.6) is 0 Å². The average molecular weight is 278 g/mol. The molecule has 9 heteroatoms. The summed E-state index contributed by atoms with van der Waals surface area (Å²) in [6.07, 6.45) is 0. The van der Waals surface area contributed by atoms with Crippen molar-refractivity contribution < 1.29 is 19.0 Å². The Bertz CT molecular complexity index is 667. The van der Waals surface area contributed by atoms with Gasteiger partial charge in [-0.15, -0.1) is 0 Å². The van der Waals surface area contributed by atoms with Crippen LogP contribution in [0.15, 0.2) is 22.7 Å². The maximum absolute atomic E-state index is 11.4. The van der Waals surface area contributed by atoms with Gasteiger partial charge in [-0.25, -0.2) is 4.79 Å². The van der Waals surface area contributed by atoms with Crippen molar-refractivity contribution in [3.63, 3.8) is 0 Å². The number of benzene rings is 1. The Labute approximate surface area is 112 Å². The molecule has 1 heterocycles. The molecule has 0 aliphatic heterocycles. The molecule has 0 amide bonds. The highest BCUT2D eigenvalue weighted by Gasteiger charge is 2.19. The van der Waals surface area contributed by atoms with Crippen LogP contribution in [0.3, 0.4) is 0 Å². The van der Waals surface area contributed by atoms with Crippen LogP contribution in [0.4, 0.5) is 11.4 Å². The van der Waals surface area contributed by atoms with Crippen molar-refractivity contribution in [3.05, 3.63) is 34.1 Å². The van der Waals surface area contributed by atoms with Crippen molar-refractivity contribution >= 4 is 17.3 Å². The fourth-order valence-electron chi connectivity index (χ4n) is 1.45. The first kappa shape index (κ1) is 13.5. The number of rotatable bonds is 4. The number of nitrogens with zero attached hydrogens (tertiary/aromatic N) is 3. The smallest absolute Gasteiger partial charge is 0.379 e. The fourth-order valence-corrected chi connectivity index (χ4v) is 1.45. The molecule has 0 saturated heterocycles. The summed E-state index contributed by atoms with van der Waals surface area (Å²) in [4.78, 5) is 25.4. The molecule has 0 atom stereocenters. The quantitative estimate of drug-likeness (QED) is 0.383. The monoisotopic (exact) mass is 278 g/mol. The number of nitrogens with two attached hydrogens (primary N) is 1. The lowest BCUT2D eigenvalue weighted by Gasteiger charge is -1.98. The number of carbonyl (C=O) groups is 1. The Morgan fingerprint density at radius 3 is 2.95 bits per heavy atom. The molecule has 0 spiro atoms. The Hall–Kier alpha value is -2.97. The summed E-state index contributed by atoms with van der Waals surface area (Å²) < 4.78 is 9.57. The zero-order valence-corrected chi connectivity index (χ0v) is 10.4. The number of esters is 1.